The van der Waals surface area contributed by atoms with Gasteiger partial charge < -0.3 is 18.9 Å². The zero-order valence-electron chi connectivity index (χ0n) is 35.8. The molecule has 0 bridgehead atoms. The largest absolute Gasteiger partial charge is 0.472 e. The summed E-state index contributed by atoms with van der Waals surface area (Å²) in [5, 5.41) is 0. The first-order chi connectivity index (χ1) is 25.6. The van der Waals surface area contributed by atoms with Gasteiger partial charge in [0.2, 0.25) is 0 Å². The second-order valence-corrected chi connectivity index (χ2v) is 17.9. The van der Waals surface area contributed by atoms with Gasteiger partial charge in [-0.25, -0.2) is 4.57 Å². The number of phosphoric acid groups is 1. The molecular weight excluding hydrogens is 685 g/mol. The van der Waals surface area contributed by atoms with Gasteiger partial charge in [0.25, 0.3) is 0 Å². The Labute approximate surface area is 329 Å². The van der Waals surface area contributed by atoms with Crippen LogP contribution in [0.4, 0.5) is 0 Å². The number of nitrogens with zero attached hydrogens (tertiary/aromatic N) is 1. The first-order valence-electron chi connectivity index (χ1n) is 22.4. The van der Waals surface area contributed by atoms with Crippen LogP contribution in [0.25, 0.3) is 0 Å². The molecule has 0 spiro atoms. The minimum Gasteiger partial charge on any atom is -0.457 e. The van der Waals surface area contributed by atoms with Crippen molar-refractivity contribution >= 4 is 13.8 Å². The van der Waals surface area contributed by atoms with Crippen molar-refractivity contribution in [1.29, 1.82) is 0 Å². The highest BCUT2D eigenvalue weighted by atomic mass is 31.2. The summed E-state index contributed by atoms with van der Waals surface area (Å²) >= 11 is 0. The molecule has 2 atom stereocenters. The van der Waals surface area contributed by atoms with Crippen molar-refractivity contribution < 1.29 is 37.3 Å². The highest BCUT2D eigenvalue weighted by molar-refractivity contribution is 7.47. The first-order valence-corrected chi connectivity index (χ1v) is 23.9. The summed E-state index contributed by atoms with van der Waals surface area (Å²) in [6.45, 7) is 5.56. The van der Waals surface area contributed by atoms with Crippen molar-refractivity contribution in [2.45, 2.75) is 213 Å². The topological polar surface area (TPSA) is 91.3 Å². The zero-order valence-corrected chi connectivity index (χ0v) is 36.7. The molecule has 316 valence electrons. The second-order valence-electron chi connectivity index (χ2n) is 16.4. The molecular formula is C44H89NO7P+. The van der Waals surface area contributed by atoms with Crippen molar-refractivity contribution in [3.8, 4) is 0 Å². The first kappa shape index (κ1) is 52.2. The fraction of sp³-hybridized carbons (Fsp3) is 0.932. The lowest BCUT2D eigenvalue weighted by Crippen LogP contribution is -2.37. The van der Waals surface area contributed by atoms with E-state index in [1.807, 2.05) is 21.1 Å². The summed E-state index contributed by atoms with van der Waals surface area (Å²) in [7, 11) is 1.67. The summed E-state index contributed by atoms with van der Waals surface area (Å²) in [5.41, 5.74) is 0. The predicted molar refractivity (Wildman–Crippen MR) is 224 cm³/mol. The SMILES string of the molecule is CCCCCCCCCC/C=C\CCCCCCCCCCCCCCCCOCC(COP(=O)(O)OCC[N+](C)(C)C)OC(=O)CCCCCCC. The van der Waals surface area contributed by atoms with E-state index in [0.29, 0.717) is 24.1 Å². The number of carbonyl (C=O) groups is 1. The average molecular weight is 775 g/mol. The Morgan fingerprint density at radius 1 is 0.566 bits per heavy atom. The number of ether oxygens (including phenoxy) is 2. The van der Waals surface area contributed by atoms with Crippen LogP contribution in [0.3, 0.4) is 0 Å². The smallest absolute Gasteiger partial charge is 0.457 e. The molecule has 0 aromatic rings. The van der Waals surface area contributed by atoms with Gasteiger partial charge in [0.05, 0.1) is 34.4 Å². The molecule has 0 saturated carbocycles. The van der Waals surface area contributed by atoms with Crippen LogP contribution < -0.4 is 0 Å². The molecule has 0 fully saturated rings. The normalized spacial score (nSPS) is 13.8. The van der Waals surface area contributed by atoms with Crippen LogP contribution in [0.5, 0.6) is 0 Å². The van der Waals surface area contributed by atoms with E-state index >= 15 is 0 Å². The number of rotatable bonds is 42. The summed E-state index contributed by atoms with van der Waals surface area (Å²) < 4.78 is 34.7. The minimum absolute atomic E-state index is 0.0913. The average Bonchev–Trinajstić information content (AvgIpc) is 3.11. The fourth-order valence-corrected chi connectivity index (χ4v) is 7.05. The molecule has 9 heteroatoms. The van der Waals surface area contributed by atoms with Crippen molar-refractivity contribution in [3.63, 3.8) is 0 Å². The molecule has 53 heavy (non-hydrogen) atoms. The zero-order chi connectivity index (χ0) is 39.1. The Morgan fingerprint density at radius 2 is 0.981 bits per heavy atom. The van der Waals surface area contributed by atoms with Gasteiger partial charge in [0, 0.05) is 13.0 Å². The van der Waals surface area contributed by atoms with Crippen LogP contribution in [0.1, 0.15) is 206 Å². The molecule has 0 aliphatic rings. The van der Waals surface area contributed by atoms with Gasteiger partial charge in [-0.3, -0.25) is 13.8 Å². The number of allylic oxidation sites excluding steroid dienone is 2. The van der Waals surface area contributed by atoms with Crippen LogP contribution in [-0.2, 0) is 27.9 Å². The van der Waals surface area contributed by atoms with Gasteiger partial charge in [-0.05, 0) is 38.5 Å². The van der Waals surface area contributed by atoms with Crippen LogP contribution in [0, 0.1) is 0 Å². The Bertz CT molecular complexity index is 863. The third-order valence-electron chi connectivity index (χ3n) is 9.83. The highest BCUT2D eigenvalue weighted by Gasteiger charge is 2.26. The molecule has 8 nitrogen and oxygen atoms in total. The summed E-state index contributed by atoms with van der Waals surface area (Å²) in [4.78, 5) is 22.6. The molecule has 0 radical (unpaired) electrons. The standard InChI is InChI=1S/C44H88NO7P/c1-6-8-10-12-13-14-15-16-17-18-19-20-21-22-23-24-25-26-27-28-29-30-31-32-34-36-39-49-41-43(52-44(46)37-35-33-11-9-7-2)42-51-53(47,48)50-40-38-45(3,4)5/h18-19,43H,6-17,20-42H2,1-5H3/p+1/b19-18-. The number of hydrogen-bond acceptors (Lipinski definition) is 6. The lowest BCUT2D eigenvalue weighted by Gasteiger charge is -2.24. The number of unbranched alkanes of at least 4 members (excludes halogenated alkanes) is 26. The van der Waals surface area contributed by atoms with Crippen molar-refractivity contribution in [3.05, 3.63) is 12.2 Å². The summed E-state index contributed by atoms with van der Waals surface area (Å²) in [5.74, 6) is -0.324. The van der Waals surface area contributed by atoms with Crippen LogP contribution >= 0.6 is 7.82 Å². The Morgan fingerprint density at radius 3 is 1.43 bits per heavy atom. The van der Waals surface area contributed by atoms with E-state index in [4.69, 9.17) is 18.5 Å². The number of likely N-dealkylation sites (N-methyl/N-ethyl adjacent to an activating group) is 1. The van der Waals surface area contributed by atoms with Gasteiger partial charge in [0.15, 0.2) is 0 Å². The van der Waals surface area contributed by atoms with Gasteiger partial charge in [-0.15, -0.1) is 0 Å². The molecule has 0 aromatic heterocycles. The Kier molecular flexibility index (Phi) is 37.6. The van der Waals surface area contributed by atoms with Crippen LogP contribution in [0.15, 0.2) is 12.2 Å². The van der Waals surface area contributed by atoms with E-state index in [0.717, 1.165) is 44.9 Å². The second kappa shape index (κ2) is 38.1. The van der Waals surface area contributed by atoms with Gasteiger partial charge >= 0.3 is 13.8 Å². The fourth-order valence-electron chi connectivity index (χ4n) is 6.31. The lowest BCUT2D eigenvalue weighted by molar-refractivity contribution is -0.870. The molecule has 0 heterocycles. The third-order valence-corrected chi connectivity index (χ3v) is 10.8. The predicted octanol–water partition coefficient (Wildman–Crippen LogP) is 13.1. The molecule has 0 aliphatic heterocycles. The number of carbonyl (C=O) groups excluding carboxylic acids is 1. The lowest BCUT2D eigenvalue weighted by atomic mass is 10.0. The Balaban J connectivity index is 3.84. The maximum absolute atomic E-state index is 12.5. The molecule has 0 rings (SSSR count). The molecule has 0 saturated heterocycles. The quantitative estimate of drug-likeness (QED) is 0.0217. The number of phosphoric ester groups is 1. The van der Waals surface area contributed by atoms with E-state index in [9.17, 15) is 14.3 Å². The molecule has 1 N–H and O–H groups in total. The number of esters is 1. The van der Waals surface area contributed by atoms with Crippen LogP contribution in [-0.4, -0.2) is 75.6 Å². The minimum atomic E-state index is -4.25. The molecule has 0 amide bonds. The van der Waals surface area contributed by atoms with Crippen molar-refractivity contribution in [2.24, 2.45) is 0 Å². The summed E-state index contributed by atoms with van der Waals surface area (Å²) in [6, 6.07) is 0. The van der Waals surface area contributed by atoms with Gasteiger partial charge in [-0.1, -0.05) is 174 Å². The van der Waals surface area contributed by atoms with Gasteiger partial charge in [-0.2, -0.15) is 0 Å². The number of quaternary nitrogens is 1. The van der Waals surface area contributed by atoms with Crippen molar-refractivity contribution in [1.82, 2.24) is 0 Å². The Hall–Kier alpha value is -0.760. The van der Waals surface area contributed by atoms with E-state index in [-0.39, 0.29) is 25.8 Å². The van der Waals surface area contributed by atoms with E-state index in [2.05, 4.69) is 26.0 Å². The number of hydrogen-bond donors (Lipinski definition) is 1. The molecule has 0 aromatic carbocycles. The van der Waals surface area contributed by atoms with E-state index in [1.165, 1.54) is 141 Å². The van der Waals surface area contributed by atoms with E-state index < -0.39 is 13.9 Å². The maximum Gasteiger partial charge on any atom is 0.472 e. The van der Waals surface area contributed by atoms with Crippen LogP contribution in [0.2, 0.25) is 0 Å². The highest BCUT2D eigenvalue weighted by Crippen LogP contribution is 2.43. The van der Waals surface area contributed by atoms with Gasteiger partial charge in [0.1, 0.15) is 19.3 Å². The molecule has 0 aliphatic carbocycles. The molecule has 2 unspecified atom stereocenters. The maximum atomic E-state index is 12.5. The van der Waals surface area contributed by atoms with E-state index in [1.54, 1.807) is 0 Å². The monoisotopic (exact) mass is 775 g/mol. The third kappa shape index (κ3) is 42.2. The summed E-state index contributed by atoms with van der Waals surface area (Å²) in [6.07, 6.45) is 41.6. The van der Waals surface area contributed by atoms with Crippen molar-refractivity contribution in [2.75, 3.05) is 54.1 Å².